The van der Waals surface area contributed by atoms with Crippen LogP contribution in [0.3, 0.4) is 0 Å². The van der Waals surface area contributed by atoms with Crippen LogP contribution in [-0.2, 0) is 17.7 Å². The van der Waals surface area contributed by atoms with Crippen molar-refractivity contribution in [2.75, 3.05) is 32.8 Å². The third kappa shape index (κ3) is 3.34. The molecule has 0 atom stereocenters. The molecule has 1 aromatic heterocycles. The number of fused-ring (bicyclic) bond motifs is 1. The molecule has 132 valence electrons. The third-order valence-electron chi connectivity index (χ3n) is 5.05. The first kappa shape index (κ1) is 17.0. The maximum Gasteiger partial charge on any atom is 0.409 e. The summed E-state index contributed by atoms with van der Waals surface area (Å²) in [6, 6.07) is 0.442. The Bertz CT molecular complexity index is 602. The molecule has 6 nitrogen and oxygen atoms in total. The van der Waals surface area contributed by atoms with E-state index >= 15 is 0 Å². The normalized spacial score (nSPS) is 19.2. The van der Waals surface area contributed by atoms with Gasteiger partial charge in [0.1, 0.15) is 5.82 Å². The highest BCUT2D eigenvalue weighted by atomic mass is 16.6. The minimum Gasteiger partial charge on any atom is -0.450 e. The minimum absolute atomic E-state index is 0.180. The van der Waals surface area contributed by atoms with Gasteiger partial charge in [0, 0.05) is 50.9 Å². The van der Waals surface area contributed by atoms with Gasteiger partial charge in [0.05, 0.1) is 12.3 Å². The van der Waals surface area contributed by atoms with Gasteiger partial charge in [-0.05, 0) is 26.7 Å². The van der Waals surface area contributed by atoms with Gasteiger partial charge in [0.25, 0.3) is 0 Å². The van der Waals surface area contributed by atoms with Crippen molar-refractivity contribution in [3.05, 3.63) is 29.9 Å². The number of piperidine rings is 1. The van der Waals surface area contributed by atoms with E-state index in [0.717, 1.165) is 57.8 Å². The van der Waals surface area contributed by atoms with Crippen LogP contribution in [0.4, 0.5) is 4.79 Å². The summed E-state index contributed by atoms with van der Waals surface area (Å²) >= 11 is 0. The van der Waals surface area contributed by atoms with Crippen molar-refractivity contribution in [2.24, 2.45) is 0 Å². The Labute approximate surface area is 144 Å². The van der Waals surface area contributed by atoms with E-state index in [0.29, 0.717) is 12.6 Å². The van der Waals surface area contributed by atoms with Crippen molar-refractivity contribution >= 4 is 6.09 Å². The van der Waals surface area contributed by atoms with Gasteiger partial charge in [-0.15, -0.1) is 6.58 Å². The summed E-state index contributed by atoms with van der Waals surface area (Å²) in [5, 5.41) is 0. The number of imidazole rings is 1. The number of likely N-dealkylation sites (tertiary alicyclic amines) is 1. The summed E-state index contributed by atoms with van der Waals surface area (Å²) in [6.07, 6.45) is 4.76. The quantitative estimate of drug-likeness (QED) is 0.795. The maximum absolute atomic E-state index is 11.9. The number of carbonyl (C=O) groups is 1. The zero-order chi connectivity index (χ0) is 17.1. The summed E-state index contributed by atoms with van der Waals surface area (Å²) < 4.78 is 7.54. The Morgan fingerprint density at radius 3 is 2.79 bits per heavy atom. The zero-order valence-corrected chi connectivity index (χ0v) is 14.8. The Morgan fingerprint density at radius 2 is 2.12 bits per heavy atom. The van der Waals surface area contributed by atoms with Crippen LogP contribution in [0, 0.1) is 6.92 Å². The molecule has 0 spiro atoms. The van der Waals surface area contributed by atoms with Crippen molar-refractivity contribution in [3.63, 3.8) is 0 Å². The second-order valence-electron chi connectivity index (χ2n) is 6.61. The Balaban J connectivity index is 1.69. The number of rotatable bonds is 4. The predicted octanol–water partition coefficient (Wildman–Crippen LogP) is 2.53. The fourth-order valence-electron chi connectivity index (χ4n) is 3.94. The number of aryl methyl sites for hydroxylation is 1. The average molecular weight is 332 g/mol. The average Bonchev–Trinajstić information content (AvgIpc) is 2.90. The largest absolute Gasteiger partial charge is 0.450 e. The van der Waals surface area contributed by atoms with E-state index < -0.39 is 0 Å². The molecule has 3 rings (SSSR count). The van der Waals surface area contributed by atoms with Gasteiger partial charge in [-0.2, -0.15) is 0 Å². The first-order valence-corrected chi connectivity index (χ1v) is 8.95. The number of ether oxygens (including phenoxy) is 1. The van der Waals surface area contributed by atoms with Crippen LogP contribution in [0.15, 0.2) is 12.7 Å². The lowest BCUT2D eigenvalue weighted by molar-refractivity contribution is 0.0922. The molecular formula is C18H28N4O2. The first-order chi connectivity index (χ1) is 11.6. The van der Waals surface area contributed by atoms with Gasteiger partial charge in [-0.1, -0.05) is 6.08 Å². The summed E-state index contributed by atoms with van der Waals surface area (Å²) in [5.74, 6) is 1.11. The molecule has 1 saturated heterocycles. The molecule has 3 heterocycles. The summed E-state index contributed by atoms with van der Waals surface area (Å²) in [4.78, 5) is 20.9. The number of amides is 1. The van der Waals surface area contributed by atoms with E-state index in [1.54, 1.807) is 0 Å². The highest BCUT2D eigenvalue weighted by Gasteiger charge is 2.29. The second kappa shape index (κ2) is 7.38. The molecule has 0 N–H and O–H groups in total. The van der Waals surface area contributed by atoms with Crippen molar-refractivity contribution in [1.29, 1.82) is 0 Å². The molecule has 2 aliphatic heterocycles. The number of aromatic nitrogens is 2. The molecule has 0 saturated carbocycles. The summed E-state index contributed by atoms with van der Waals surface area (Å²) in [7, 11) is 0. The molecule has 6 heteroatoms. The lowest BCUT2D eigenvalue weighted by Gasteiger charge is -2.34. The lowest BCUT2D eigenvalue weighted by Crippen LogP contribution is -2.40. The lowest BCUT2D eigenvalue weighted by atomic mass is 10.0. The molecule has 0 unspecified atom stereocenters. The molecule has 1 aromatic rings. The van der Waals surface area contributed by atoms with Crippen molar-refractivity contribution < 1.29 is 9.53 Å². The Morgan fingerprint density at radius 1 is 1.38 bits per heavy atom. The van der Waals surface area contributed by atoms with Gasteiger partial charge in [-0.25, -0.2) is 9.78 Å². The highest BCUT2D eigenvalue weighted by Crippen LogP contribution is 2.30. The molecule has 1 fully saturated rings. The minimum atomic E-state index is -0.180. The zero-order valence-electron chi connectivity index (χ0n) is 14.8. The molecule has 0 bridgehead atoms. The van der Waals surface area contributed by atoms with Gasteiger partial charge in [0.15, 0.2) is 0 Å². The van der Waals surface area contributed by atoms with Gasteiger partial charge in [-0.3, -0.25) is 4.90 Å². The smallest absolute Gasteiger partial charge is 0.409 e. The van der Waals surface area contributed by atoms with Crippen LogP contribution >= 0.6 is 0 Å². The van der Waals surface area contributed by atoms with Crippen molar-refractivity contribution in [2.45, 2.75) is 45.7 Å². The second-order valence-corrected chi connectivity index (χ2v) is 6.61. The van der Waals surface area contributed by atoms with Gasteiger partial charge >= 0.3 is 6.09 Å². The standard InChI is InChI=1S/C18H28N4O2/c1-4-9-20-10-8-17-16(13-20)19-14(3)22(17)15-6-11-21(12-7-15)18(23)24-5-2/h4,15H,1,5-13H2,2-3H3. The van der Waals surface area contributed by atoms with Crippen LogP contribution in [0.25, 0.3) is 0 Å². The summed E-state index contributed by atoms with van der Waals surface area (Å²) in [6.45, 7) is 12.6. The molecule has 0 aliphatic carbocycles. The fourth-order valence-corrected chi connectivity index (χ4v) is 3.94. The molecular weight excluding hydrogens is 304 g/mol. The SMILES string of the molecule is C=CCN1CCc2c(nc(C)n2C2CCN(C(=O)OCC)CC2)C1. The van der Waals surface area contributed by atoms with Crippen LogP contribution < -0.4 is 0 Å². The predicted molar refractivity (Wildman–Crippen MR) is 93.0 cm³/mol. The fraction of sp³-hybridized carbons (Fsp3) is 0.667. The molecule has 0 radical (unpaired) electrons. The number of carbonyl (C=O) groups excluding carboxylic acids is 1. The number of nitrogens with zero attached hydrogens (tertiary/aromatic N) is 4. The maximum atomic E-state index is 11.9. The highest BCUT2D eigenvalue weighted by molar-refractivity contribution is 5.67. The van der Waals surface area contributed by atoms with E-state index in [1.165, 1.54) is 11.4 Å². The number of hydrogen-bond acceptors (Lipinski definition) is 4. The van der Waals surface area contributed by atoms with E-state index in [2.05, 4.69) is 23.0 Å². The molecule has 24 heavy (non-hydrogen) atoms. The first-order valence-electron chi connectivity index (χ1n) is 8.95. The van der Waals surface area contributed by atoms with Crippen molar-refractivity contribution in [3.8, 4) is 0 Å². The topological polar surface area (TPSA) is 50.6 Å². The van der Waals surface area contributed by atoms with Crippen LogP contribution in [0.1, 0.15) is 43.0 Å². The van der Waals surface area contributed by atoms with E-state index in [9.17, 15) is 4.79 Å². The Hall–Kier alpha value is -1.82. The third-order valence-corrected chi connectivity index (χ3v) is 5.05. The summed E-state index contributed by atoms with van der Waals surface area (Å²) in [5.41, 5.74) is 2.61. The monoisotopic (exact) mass is 332 g/mol. The molecule has 2 aliphatic rings. The Kier molecular flexibility index (Phi) is 5.23. The molecule has 1 amide bonds. The van der Waals surface area contributed by atoms with Crippen LogP contribution in [0.2, 0.25) is 0 Å². The van der Waals surface area contributed by atoms with Crippen LogP contribution in [-0.4, -0.2) is 58.2 Å². The van der Waals surface area contributed by atoms with E-state index in [4.69, 9.17) is 9.72 Å². The van der Waals surface area contributed by atoms with E-state index in [1.807, 2.05) is 17.9 Å². The van der Waals surface area contributed by atoms with Gasteiger partial charge < -0.3 is 14.2 Å². The number of hydrogen-bond donors (Lipinski definition) is 0. The van der Waals surface area contributed by atoms with E-state index in [-0.39, 0.29) is 6.09 Å². The van der Waals surface area contributed by atoms with Crippen molar-refractivity contribution in [1.82, 2.24) is 19.4 Å². The van der Waals surface area contributed by atoms with Gasteiger partial charge in [0.2, 0.25) is 0 Å². The molecule has 0 aromatic carbocycles. The van der Waals surface area contributed by atoms with Crippen LogP contribution in [0.5, 0.6) is 0 Å².